The largest absolute Gasteiger partial charge is 0.399 e. The minimum Gasteiger partial charge on any atom is -0.399 e. The van der Waals surface area contributed by atoms with Crippen molar-refractivity contribution in [2.24, 2.45) is 0 Å². The van der Waals surface area contributed by atoms with Gasteiger partial charge >= 0.3 is 0 Å². The highest BCUT2D eigenvalue weighted by molar-refractivity contribution is 5.81. The number of hydrogen-bond acceptors (Lipinski definition) is 3. The zero-order valence-electron chi connectivity index (χ0n) is 10.8. The summed E-state index contributed by atoms with van der Waals surface area (Å²) < 4.78 is 2.17. The van der Waals surface area contributed by atoms with Crippen LogP contribution in [0.5, 0.6) is 0 Å². The molecule has 1 heterocycles. The first-order chi connectivity index (χ1) is 9.19. The summed E-state index contributed by atoms with van der Waals surface area (Å²) in [6.07, 6.45) is 0. The molecule has 3 aromatic rings. The molecular weight excluding hydrogens is 236 g/mol. The van der Waals surface area contributed by atoms with Crippen molar-refractivity contribution in [1.82, 2.24) is 9.55 Å². The molecule has 0 aliphatic rings. The van der Waals surface area contributed by atoms with Crippen molar-refractivity contribution in [3.05, 3.63) is 42.5 Å². The summed E-state index contributed by atoms with van der Waals surface area (Å²) in [4.78, 5) is 4.69. The Morgan fingerprint density at radius 3 is 2.42 bits per heavy atom. The van der Waals surface area contributed by atoms with Crippen molar-refractivity contribution in [3.8, 4) is 11.4 Å². The molecule has 4 nitrogen and oxygen atoms in total. The Labute approximate surface area is 111 Å². The summed E-state index contributed by atoms with van der Waals surface area (Å²) in [7, 11) is 0. The number of benzene rings is 2. The minimum atomic E-state index is 0.657. The molecule has 0 atom stereocenters. The number of anilines is 2. The van der Waals surface area contributed by atoms with E-state index >= 15 is 0 Å². The van der Waals surface area contributed by atoms with Crippen LogP contribution in [0, 0.1) is 0 Å². The molecule has 0 saturated heterocycles. The summed E-state index contributed by atoms with van der Waals surface area (Å²) in [5.41, 5.74) is 16.1. The normalized spacial score (nSPS) is 11.0. The van der Waals surface area contributed by atoms with Crippen molar-refractivity contribution in [2.45, 2.75) is 13.5 Å². The van der Waals surface area contributed by atoms with Crippen LogP contribution in [-0.2, 0) is 6.54 Å². The van der Waals surface area contributed by atoms with E-state index in [1.54, 1.807) is 6.07 Å². The molecule has 0 saturated carbocycles. The Kier molecular flexibility index (Phi) is 2.63. The van der Waals surface area contributed by atoms with Crippen LogP contribution < -0.4 is 11.5 Å². The summed E-state index contributed by atoms with van der Waals surface area (Å²) >= 11 is 0. The van der Waals surface area contributed by atoms with Gasteiger partial charge in [-0.05, 0) is 37.3 Å². The van der Waals surface area contributed by atoms with Crippen molar-refractivity contribution >= 4 is 22.4 Å². The van der Waals surface area contributed by atoms with Gasteiger partial charge in [0.25, 0.3) is 0 Å². The predicted octanol–water partition coefficient (Wildman–Crippen LogP) is 2.89. The summed E-state index contributed by atoms with van der Waals surface area (Å²) in [5.74, 6) is 0.905. The maximum absolute atomic E-state index is 5.87. The van der Waals surface area contributed by atoms with Crippen LogP contribution in [0.4, 0.5) is 11.4 Å². The molecule has 0 fully saturated rings. The second kappa shape index (κ2) is 4.31. The Morgan fingerprint density at radius 2 is 1.74 bits per heavy atom. The van der Waals surface area contributed by atoms with Crippen LogP contribution in [0.3, 0.4) is 0 Å². The molecule has 0 radical (unpaired) electrons. The third-order valence-corrected chi connectivity index (χ3v) is 3.21. The zero-order chi connectivity index (χ0) is 13.4. The average molecular weight is 252 g/mol. The maximum Gasteiger partial charge on any atom is 0.141 e. The molecule has 96 valence electrons. The van der Waals surface area contributed by atoms with Crippen molar-refractivity contribution in [3.63, 3.8) is 0 Å². The molecule has 0 aliphatic carbocycles. The molecule has 0 aliphatic heterocycles. The molecule has 19 heavy (non-hydrogen) atoms. The summed E-state index contributed by atoms with van der Waals surface area (Å²) in [6, 6.07) is 13.7. The van der Waals surface area contributed by atoms with Crippen molar-refractivity contribution in [2.75, 3.05) is 11.5 Å². The first-order valence-electron chi connectivity index (χ1n) is 6.30. The van der Waals surface area contributed by atoms with E-state index in [2.05, 4.69) is 22.5 Å². The monoisotopic (exact) mass is 252 g/mol. The predicted molar refractivity (Wildman–Crippen MR) is 79.7 cm³/mol. The van der Waals surface area contributed by atoms with E-state index in [4.69, 9.17) is 11.5 Å². The van der Waals surface area contributed by atoms with E-state index in [0.29, 0.717) is 11.4 Å². The lowest BCUT2D eigenvalue weighted by molar-refractivity contribution is 0.796. The van der Waals surface area contributed by atoms with Crippen molar-refractivity contribution in [1.29, 1.82) is 0 Å². The topological polar surface area (TPSA) is 69.9 Å². The number of para-hydroxylation sites is 2. The molecule has 0 unspecified atom stereocenters. The minimum absolute atomic E-state index is 0.657. The lowest BCUT2D eigenvalue weighted by Gasteiger charge is -2.07. The number of hydrogen-bond donors (Lipinski definition) is 2. The van der Waals surface area contributed by atoms with Gasteiger partial charge in [-0.2, -0.15) is 0 Å². The Morgan fingerprint density at radius 1 is 1.05 bits per heavy atom. The van der Waals surface area contributed by atoms with Gasteiger partial charge in [0.05, 0.1) is 11.0 Å². The number of nitrogens with zero attached hydrogens (tertiary/aromatic N) is 2. The number of aromatic nitrogens is 2. The Balaban J connectivity index is 2.29. The van der Waals surface area contributed by atoms with Crippen LogP contribution in [0.25, 0.3) is 22.4 Å². The highest BCUT2D eigenvalue weighted by Crippen LogP contribution is 2.27. The molecule has 3 rings (SSSR count). The average Bonchev–Trinajstić information content (AvgIpc) is 2.76. The second-order valence-electron chi connectivity index (χ2n) is 4.56. The van der Waals surface area contributed by atoms with Gasteiger partial charge in [-0.1, -0.05) is 12.1 Å². The van der Waals surface area contributed by atoms with Crippen molar-refractivity contribution < 1.29 is 0 Å². The summed E-state index contributed by atoms with van der Waals surface area (Å²) in [5, 5.41) is 0. The molecule has 1 aromatic heterocycles. The SMILES string of the molecule is CCn1c(-c2cc(N)cc(N)c2)nc2ccccc21. The van der Waals surface area contributed by atoms with E-state index in [9.17, 15) is 0 Å². The van der Waals surface area contributed by atoms with Crippen LogP contribution in [0.15, 0.2) is 42.5 Å². The molecule has 2 aromatic carbocycles. The smallest absolute Gasteiger partial charge is 0.141 e. The van der Waals surface area contributed by atoms with Gasteiger partial charge in [0.1, 0.15) is 5.82 Å². The van der Waals surface area contributed by atoms with Gasteiger partial charge in [0.15, 0.2) is 0 Å². The number of fused-ring (bicyclic) bond motifs is 1. The molecule has 4 heteroatoms. The Hall–Kier alpha value is -2.49. The van der Waals surface area contributed by atoms with Crippen LogP contribution in [0.2, 0.25) is 0 Å². The van der Waals surface area contributed by atoms with E-state index in [0.717, 1.165) is 29.0 Å². The molecule has 4 N–H and O–H groups in total. The van der Waals surface area contributed by atoms with Gasteiger partial charge in [-0.15, -0.1) is 0 Å². The van der Waals surface area contributed by atoms with Gasteiger partial charge in [0, 0.05) is 23.5 Å². The fourth-order valence-electron chi connectivity index (χ4n) is 2.42. The molecule has 0 bridgehead atoms. The van der Waals surface area contributed by atoms with E-state index in [-0.39, 0.29) is 0 Å². The van der Waals surface area contributed by atoms with Crippen LogP contribution in [0.1, 0.15) is 6.92 Å². The van der Waals surface area contributed by atoms with Gasteiger partial charge < -0.3 is 16.0 Å². The zero-order valence-corrected chi connectivity index (χ0v) is 10.8. The lowest BCUT2D eigenvalue weighted by atomic mass is 10.1. The van der Waals surface area contributed by atoms with Gasteiger partial charge in [-0.3, -0.25) is 0 Å². The van der Waals surface area contributed by atoms with E-state index in [1.807, 2.05) is 30.3 Å². The van der Waals surface area contributed by atoms with E-state index in [1.165, 1.54) is 0 Å². The number of rotatable bonds is 2. The number of aryl methyl sites for hydroxylation is 1. The first kappa shape index (κ1) is 11.6. The standard InChI is InChI=1S/C15H16N4/c1-2-19-14-6-4-3-5-13(14)18-15(19)10-7-11(16)9-12(17)8-10/h3-9H,2,16-17H2,1H3. The quantitative estimate of drug-likeness (QED) is 0.689. The highest BCUT2D eigenvalue weighted by atomic mass is 15.1. The van der Waals surface area contributed by atoms with Gasteiger partial charge in [0.2, 0.25) is 0 Å². The van der Waals surface area contributed by atoms with Crippen LogP contribution in [-0.4, -0.2) is 9.55 Å². The van der Waals surface area contributed by atoms with Crippen LogP contribution >= 0.6 is 0 Å². The molecule has 0 amide bonds. The fraction of sp³-hybridized carbons (Fsp3) is 0.133. The highest BCUT2D eigenvalue weighted by Gasteiger charge is 2.11. The second-order valence-corrected chi connectivity index (χ2v) is 4.56. The maximum atomic E-state index is 5.87. The van der Waals surface area contributed by atoms with E-state index < -0.39 is 0 Å². The molecule has 0 spiro atoms. The molecular formula is C15H16N4. The number of nitrogens with two attached hydrogens (primary N) is 2. The van der Waals surface area contributed by atoms with Gasteiger partial charge in [-0.25, -0.2) is 4.98 Å². The third-order valence-electron chi connectivity index (χ3n) is 3.21. The first-order valence-corrected chi connectivity index (χ1v) is 6.30. The lowest BCUT2D eigenvalue weighted by Crippen LogP contribution is -1.99. The number of nitrogen functional groups attached to an aromatic ring is 2. The Bertz CT molecular complexity index is 723. The number of imidazole rings is 1. The third kappa shape index (κ3) is 1.91. The summed E-state index contributed by atoms with van der Waals surface area (Å²) in [6.45, 7) is 2.96. The fourth-order valence-corrected chi connectivity index (χ4v) is 2.42.